The normalized spacial score (nSPS) is 10.5. The first-order valence-electron chi connectivity index (χ1n) is 5.52. The molecule has 0 amide bonds. The van der Waals surface area contributed by atoms with Crippen molar-refractivity contribution in [2.75, 3.05) is 33.4 Å². The van der Waals surface area contributed by atoms with E-state index in [1.165, 1.54) is 0 Å². The van der Waals surface area contributed by atoms with Crippen molar-refractivity contribution in [2.24, 2.45) is 0 Å². The molecule has 1 rings (SSSR count). The fourth-order valence-corrected chi connectivity index (χ4v) is 1.80. The smallest absolute Gasteiger partial charge is 0.156 e. The van der Waals surface area contributed by atoms with Crippen LogP contribution in [0.5, 0.6) is 5.75 Å². The van der Waals surface area contributed by atoms with Crippen LogP contribution in [-0.2, 0) is 4.74 Å². The fourth-order valence-electron chi connectivity index (χ4n) is 1.29. The van der Waals surface area contributed by atoms with Crippen molar-refractivity contribution in [3.8, 4) is 5.75 Å². The molecule has 0 aromatic heterocycles. The molecule has 1 aromatic rings. The predicted octanol–water partition coefficient (Wildman–Crippen LogP) is 3.00. The lowest BCUT2D eigenvalue weighted by molar-refractivity contribution is 0.198. The van der Waals surface area contributed by atoms with Gasteiger partial charge in [0.2, 0.25) is 0 Å². The molecule has 0 atom stereocenters. The van der Waals surface area contributed by atoms with E-state index >= 15 is 0 Å². The summed E-state index contributed by atoms with van der Waals surface area (Å²) < 4.78 is 10.5. The number of halogens is 2. The number of para-hydroxylation sites is 1. The minimum Gasteiger partial charge on any atom is -0.490 e. The van der Waals surface area contributed by atoms with E-state index < -0.39 is 0 Å². The van der Waals surface area contributed by atoms with Crippen LogP contribution in [-0.4, -0.2) is 33.4 Å². The highest BCUT2D eigenvalue weighted by Crippen LogP contribution is 2.32. The molecule has 0 aliphatic heterocycles. The third kappa shape index (κ3) is 5.59. The molecule has 0 radical (unpaired) electrons. The average Bonchev–Trinajstić information content (AvgIpc) is 2.31. The van der Waals surface area contributed by atoms with Crippen LogP contribution in [0.2, 0.25) is 10.0 Å². The van der Waals surface area contributed by atoms with Crippen LogP contribution < -0.4 is 10.1 Å². The highest BCUT2D eigenvalue weighted by molar-refractivity contribution is 6.37. The van der Waals surface area contributed by atoms with Crippen LogP contribution >= 0.6 is 23.2 Å². The maximum atomic E-state index is 5.97. The molecule has 0 heterocycles. The number of ether oxygens (including phenoxy) is 2. The SMILES string of the molecule is COCCNCCCOc1c(Cl)cccc1Cl. The van der Waals surface area contributed by atoms with Gasteiger partial charge in [-0.1, -0.05) is 29.3 Å². The van der Waals surface area contributed by atoms with E-state index in [2.05, 4.69) is 5.32 Å². The Kier molecular flexibility index (Phi) is 7.37. The molecule has 1 aromatic carbocycles. The summed E-state index contributed by atoms with van der Waals surface area (Å²) in [5.74, 6) is 0.563. The molecule has 96 valence electrons. The predicted molar refractivity (Wildman–Crippen MR) is 71.3 cm³/mol. The Morgan fingerprint density at radius 2 is 1.82 bits per heavy atom. The van der Waals surface area contributed by atoms with Crippen molar-refractivity contribution in [2.45, 2.75) is 6.42 Å². The van der Waals surface area contributed by atoms with Gasteiger partial charge in [0.1, 0.15) is 0 Å². The highest BCUT2D eigenvalue weighted by atomic mass is 35.5. The summed E-state index contributed by atoms with van der Waals surface area (Å²) in [6.07, 6.45) is 0.894. The summed E-state index contributed by atoms with van der Waals surface area (Å²) in [6, 6.07) is 5.32. The summed E-state index contributed by atoms with van der Waals surface area (Å²) >= 11 is 11.9. The lowest BCUT2D eigenvalue weighted by atomic mass is 10.3. The van der Waals surface area contributed by atoms with Gasteiger partial charge >= 0.3 is 0 Å². The van der Waals surface area contributed by atoms with Crippen LogP contribution in [0.15, 0.2) is 18.2 Å². The molecule has 0 saturated carbocycles. The molecule has 5 heteroatoms. The number of methoxy groups -OCH3 is 1. The molecule has 0 aliphatic carbocycles. The first-order chi connectivity index (χ1) is 8.25. The lowest BCUT2D eigenvalue weighted by Gasteiger charge is -2.09. The van der Waals surface area contributed by atoms with Crippen LogP contribution in [0.25, 0.3) is 0 Å². The van der Waals surface area contributed by atoms with Gasteiger partial charge in [-0.3, -0.25) is 0 Å². The van der Waals surface area contributed by atoms with E-state index in [1.54, 1.807) is 25.3 Å². The first kappa shape index (κ1) is 14.6. The molecular weight excluding hydrogens is 261 g/mol. The molecule has 17 heavy (non-hydrogen) atoms. The Balaban J connectivity index is 2.18. The van der Waals surface area contributed by atoms with Crippen molar-refractivity contribution >= 4 is 23.2 Å². The van der Waals surface area contributed by atoms with E-state index in [0.29, 0.717) is 22.4 Å². The molecule has 0 aliphatic rings. The van der Waals surface area contributed by atoms with E-state index in [4.69, 9.17) is 32.7 Å². The zero-order chi connectivity index (χ0) is 12.5. The maximum absolute atomic E-state index is 5.97. The minimum absolute atomic E-state index is 0.546. The second-order valence-electron chi connectivity index (χ2n) is 3.50. The van der Waals surface area contributed by atoms with E-state index in [0.717, 1.165) is 26.1 Å². The molecule has 0 spiro atoms. The first-order valence-corrected chi connectivity index (χ1v) is 6.27. The van der Waals surface area contributed by atoms with Gasteiger partial charge < -0.3 is 14.8 Å². The number of rotatable bonds is 8. The molecule has 0 unspecified atom stereocenters. The minimum atomic E-state index is 0.546. The Bertz CT molecular complexity index is 314. The van der Waals surface area contributed by atoms with Crippen molar-refractivity contribution < 1.29 is 9.47 Å². The topological polar surface area (TPSA) is 30.5 Å². The zero-order valence-corrected chi connectivity index (χ0v) is 11.4. The zero-order valence-electron chi connectivity index (χ0n) is 9.84. The average molecular weight is 278 g/mol. The Labute approximate surface area is 112 Å². The van der Waals surface area contributed by atoms with Crippen LogP contribution in [0.1, 0.15) is 6.42 Å². The monoisotopic (exact) mass is 277 g/mol. The van der Waals surface area contributed by atoms with Gasteiger partial charge in [-0.15, -0.1) is 0 Å². The van der Waals surface area contributed by atoms with Gasteiger partial charge in [0.25, 0.3) is 0 Å². The van der Waals surface area contributed by atoms with Gasteiger partial charge in [-0.05, 0) is 25.1 Å². The van der Waals surface area contributed by atoms with Gasteiger partial charge in [0.05, 0.1) is 23.3 Å². The largest absolute Gasteiger partial charge is 0.490 e. The summed E-state index contributed by atoms with van der Waals surface area (Å²) in [6.45, 7) is 3.04. The van der Waals surface area contributed by atoms with E-state index in [1.807, 2.05) is 0 Å². The van der Waals surface area contributed by atoms with E-state index in [9.17, 15) is 0 Å². The summed E-state index contributed by atoms with van der Waals surface area (Å²) in [4.78, 5) is 0. The Morgan fingerprint density at radius 1 is 1.12 bits per heavy atom. The molecular formula is C12H17Cl2NO2. The Morgan fingerprint density at radius 3 is 2.47 bits per heavy atom. The maximum Gasteiger partial charge on any atom is 0.156 e. The van der Waals surface area contributed by atoms with Crippen LogP contribution in [0.3, 0.4) is 0 Å². The number of hydrogen-bond acceptors (Lipinski definition) is 3. The number of hydrogen-bond donors (Lipinski definition) is 1. The molecule has 1 N–H and O–H groups in total. The summed E-state index contributed by atoms with van der Waals surface area (Å²) in [5, 5.41) is 4.32. The van der Waals surface area contributed by atoms with Gasteiger partial charge in [0, 0.05) is 13.7 Å². The Hall–Kier alpha value is -0.480. The fraction of sp³-hybridized carbons (Fsp3) is 0.500. The standard InChI is InChI=1S/C12H17Cl2NO2/c1-16-9-7-15-6-3-8-17-12-10(13)4-2-5-11(12)14/h2,4-5,15H,3,6-9H2,1H3. The third-order valence-electron chi connectivity index (χ3n) is 2.15. The van der Waals surface area contributed by atoms with E-state index in [-0.39, 0.29) is 0 Å². The lowest BCUT2D eigenvalue weighted by Crippen LogP contribution is -2.21. The van der Waals surface area contributed by atoms with Crippen molar-refractivity contribution in [3.63, 3.8) is 0 Å². The van der Waals surface area contributed by atoms with Crippen molar-refractivity contribution in [3.05, 3.63) is 28.2 Å². The number of benzene rings is 1. The second-order valence-corrected chi connectivity index (χ2v) is 4.31. The van der Waals surface area contributed by atoms with Crippen molar-refractivity contribution in [1.29, 1.82) is 0 Å². The molecule has 0 bridgehead atoms. The van der Waals surface area contributed by atoms with Gasteiger partial charge in [-0.2, -0.15) is 0 Å². The van der Waals surface area contributed by atoms with Crippen LogP contribution in [0, 0.1) is 0 Å². The molecule has 3 nitrogen and oxygen atoms in total. The second kappa shape index (κ2) is 8.59. The summed E-state index contributed by atoms with van der Waals surface area (Å²) in [5.41, 5.74) is 0. The van der Waals surface area contributed by atoms with Gasteiger partial charge in [0.15, 0.2) is 5.75 Å². The third-order valence-corrected chi connectivity index (χ3v) is 2.74. The molecule has 0 fully saturated rings. The highest BCUT2D eigenvalue weighted by Gasteiger charge is 2.05. The van der Waals surface area contributed by atoms with Gasteiger partial charge in [-0.25, -0.2) is 0 Å². The molecule has 0 saturated heterocycles. The van der Waals surface area contributed by atoms with Crippen molar-refractivity contribution in [1.82, 2.24) is 5.32 Å². The quantitative estimate of drug-likeness (QED) is 0.741. The summed E-state index contributed by atoms with van der Waals surface area (Å²) in [7, 11) is 1.68. The number of nitrogens with one attached hydrogen (secondary N) is 1. The van der Waals surface area contributed by atoms with Crippen LogP contribution in [0.4, 0.5) is 0 Å².